The van der Waals surface area contributed by atoms with Crippen molar-refractivity contribution in [2.45, 2.75) is 23.5 Å². The Hall–Kier alpha value is -1.01. The second kappa shape index (κ2) is 6.63. The lowest BCUT2D eigenvalue weighted by Gasteiger charge is -2.12. The quantitative estimate of drug-likeness (QED) is 0.768. The smallest absolute Gasteiger partial charge is 0.307 e. The third-order valence-corrected chi connectivity index (χ3v) is 4.80. The fourth-order valence-corrected chi connectivity index (χ4v) is 3.11. The lowest BCUT2D eigenvalue weighted by atomic mass is 10.3. The van der Waals surface area contributed by atoms with Crippen LogP contribution in [0.3, 0.4) is 0 Å². The van der Waals surface area contributed by atoms with Crippen LogP contribution in [0.2, 0.25) is 0 Å². The molecule has 1 saturated carbocycles. The summed E-state index contributed by atoms with van der Waals surface area (Å²) in [6.07, 6.45) is 0.468. The zero-order valence-corrected chi connectivity index (χ0v) is 13.4. The summed E-state index contributed by atoms with van der Waals surface area (Å²) in [4.78, 5) is 23.6. The molecular weight excluding hydrogens is 342 g/mol. The molecule has 0 saturated heterocycles. The average molecular weight is 358 g/mol. The molecule has 1 aliphatic rings. The van der Waals surface area contributed by atoms with Gasteiger partial charge in [0, 0.05) is 21.2 Å². The number of halogens is 1. The summed E-state index contributed by atoms with van der Waals surface area (Å²) in [5.41, 5.74) is 0. The van der Waals surface area contributed by atoms with Crippen LogP contribution in [0.1, 0.15) is 13.3 Å². The lowest BCUT2D eigenvalue weighted by Crippen LogP contribution is -2.31. The van der Waals surface area contributed by atoms with E-state index in [0.29, 0.717) is 13.0 Å². The van der Waals surface area contributed by atoms with Crippen molar-refractivity contribution in [2.75, 3.05) is 6.54 Å². The Morgan fingerprint density at radius 1 is 1.40 bits per heavy atom. The molecule has 1 aromatic rings. The van der Waals surface area contributed by atoms with Crippen LogP contribution in [0.5, 0.6) is 0 Å². The van der Waals surface area contributed by atoms with Gasteiger partial charge in [0.2, 0.25) is 5.91 Å². The molecule has 0 aliphatic heterocycles. The zero-order chi connectivity index (χ0) is 14.7. The van der Waals surface area contributed by atoms with Gasteiger partial charge in [0.25, 0.3) is 0 Å². The van der Waals surface area contributed by atoms with E-state index in [0.717, 1.165) is 9.37 Å². The topological polar surface area (TPSA) is 66.4 Å². The minimum atomic E-state index is -0.873. The number of carboxylic acid groups (broad SMARTS) is 1. The predicted octanol–water partition coefficient (Wildman–Crippen LogP) is 2.77. The van der Waals surface area contributed by atoms with Crippen LogP contribution in [0, 0.1) is 11.8 Å². The fraction of sp³-hybridized carbons (Fsp3) is 0.429. The lowest BCUT2D eigenvalue weighted by molar-refractivity contribution is -0.140. The summed E-state index contributed by atoms with van der Waals surface area (Å²) in [5, 5.41) is 11.8. The third-order valence-electron chi connectivity index (χ3n) is 3.16. The zero-order valence-electron chi connectivity index (χ0n) is 11.0. The SMILES string of the molecule is CC(CNC(=O)C1CC1C(=O)O)Sc1ccc(Br)cc1. The van der Waals surface area contributed by atoms with Crippen molar-refractivity contribution in [3.05, 3.63) is 28.7 Å². The maximum Gasteiger partial charge on any atom is 0.307 e. The first-order chi connectivity index (χ1) is 9.47. The molecule has 0 aromatic heterocycles. The average Bonchev–Trinajstić information content (AvgIpc) is 3.19. The van der Waals surface area contributed by atoms with Crippen LogP contribution in [0.15, 0.2) is 33.6 Å². The number of hydrogen-bond donors (Lipinski definition) is 2. The van der Waals surface area contributed by atoms with Gasteiger partial charge >= 0.3 is 5.97 Å². The second-order valence-corrected chi connectivity index (χ2v) is 7.34. The number of carbonyl (C=O) groups is 2. The molecule has 6 heteroatoms. The van der Waals surface area contributed by atoms with Crippen molar-refractivity contribution in [3.8, 4) is 0 Å². The minimum absolute atomic E-state index is 0.138. The van der Waals surface area contributed by atoms with Crippen molar-refractivity contribution in [1.82, 2.24) is 5.32 Å². The van der Waals surface area contributed by atoms with Crippen molar-refractivity contribution in [2.24, 2.45) is 11.8 Å². The van der Waals surface area contributed by atoms with E-state index in [2.05, 4.69) is 21.2 Å². The van der Waals surface area contributed by atoms with E-state index < -0.39 is 11.9 Å². The number of thioether (sulfide) groups is 1. The highest BCUT2D eigenvalue weighted by Crippen LogP contribution is 2.38. The monoisotopic (exact) mass is 357 g/mol. The van der Waals surface area contributed by atoms with Crippen LogP contribution in [-0.2, 0) is 9.59 Å². The van der Waals surface area contributed by atoms with E-state index in [9.17, 15) is 9.59 Å². The maximum absolute atomic E-state index is 11.7. The highest BCUT2D eigenvalue weighted by molar-refractivity contribution is 9.10. The molecule has 0 spiro atoms. The summed E-state index contributed by atoms with van der Waals surface area (Å²) >= 11 is 5.07. The molecule has 108 valence electrons. The minimum Gasteiger partial charge on any atom is -0.481 e. The Labute approximate surface area is 130 Å². The summed E-state index contributed by atoms with van der Waals surface area (Å²) in [5.74, 6) is -1.83. The number of benzene rings is 1. The summed E-state index contributed by atoms with van der Waals surface area (Å²) in [6, 6.07) is 8.01. The number of aliphatic carboxylic acids is 1. The molecule has 1 amide bonds. The van der Waals surface area contributed by atoms with Gasteiger partial charge in [-0.05, 0) is 30.7 Å². The summed E-state index contributed by atoms with van der Waals surface area (Å²) in [7, 11) is 0. The van der Waals surface area contributed by atoms with E-state index in [4.69, 9.17) is 5.11 Å². The standard InChI is InChI=1S/C14H16BrNO3S/c1-8(20-10-4-2-9(15)3-5-10)7-16-13(17)11-6-12(11)14(18)19/h2-5,8,11-12H,6-7H2,1H3,(H,16,17)(H,18,19). The van der Waals surface area contributed by atoms with Crippen LogP contribution >= 0.6 is 27.7 Å². The number of carbonyl (C=O) groups excluding carboxylic acids is 1. The van der Waals surface area contributed by atoms with E-state index in [1.807, 2.05) is 31.2 Å². The van der Waals surface area contributed by atoms with Crippen molar-refractivity contribution >= 4 is 39.6 Å². The molecule has 0 bridgehead atoms. The number of hydrogen-bond acceptors (Lipinski definition) is 3. The molecule has 3 atom stereocenters. The van der Waals surface area contributed by atoms with Gasteiger partial charge in [-0.2, -0.15) is 0 Å². The molecule has 1 fully saturated rings. The fourth-order valence-electron chi connectivity index (χ4n) is 1.92. The number of amides is 1. The molecule has 2 N–H and O–H groups in total. The Bertz CT molecular complexity index is 506. The Morgan fingerprint density at radius 2 is 2.05 bits per heavy atom. The van der Waals surface area contributed by atoms with Gasteiger partial charge in [-0.25, -0.2) is 0 Å². The van der Waals surface area contributed by atoms with E-state index in [-0.39, 0.29) is 17.1 Å². The molecule has 3 unspecified atom stereocenters. The summed E-state index contributed by atoms with van der Waals surface area (Å²) < 4.78 is 1.04. The largest absolute Gasteiger partial charge is 0.481 e. The normalized spacial score (nSPS) is 22.1. The molecule has 0 radical (unpaired) electrons. The molecule has 1 aromatic carbocycles. The number of nitrogens with one attached hydrogen (secondary N) is 1. The maximum atomic E-state index is 11.7. The van der Waals surface area contributed by atoms with Gasteiger partial charge < -0.3 is 10.4 Å². The van der Waals surface area contributed by atoms with Crippen LogP contribution in [-0.4, -0.2) is 28.8 Å². The van der Waals surface area contributed by atoms with Gasteiger partial charge in [-0.1, -0.05) is 22.9 Å². The van der Waals surface area contributed by atoms with Gasteiger partial charge in [0.1, 0.15) is 0 Å². The Balaban J connectivity index is 1.73. The van der Waals surface area contributed by atoms with E-state index in [1.165, 1.54) is 0 Å². The Kier molecular flexibility index (Phi) is 5.10. The molecule has 0 heterocycles. The first-order valence-electron chi connectivity index (χ1n) is 6.40. The van der Waals surface area contributed by atoms with Gasteiger partial charge in [-0.15, -0.1) is 11.8 Å². The molecule has 4 nitrogen and oxygen atoms in total. The molecule has 1 aliphatic carbocycles. The van der Waals surface area contributed by atoms with Crippen molar-refractivity contribution in [3.63, 3.8) is 0 Å². The third kappa shape index (κ3) is 4.24. The van der Waals surface area contributed by atoms with Crippen molar-refractivity contribution in [1.29, 1.82) is 0 Å². The van der Waals surface area contributed by atoms with Crippen LogP contribution in [0.25, 0.3) is 0 Å². The van der Waals surface area contributed by atoms with Crippen LogP contribution < -0.4 is 5.32 Å². The van der Waals surface area contributed by atoms with Crippen LogP contribution in [0.4, 0.5) is 0 Å². The highest BCUT2D eigenvalue weighted by atomic mass is 79.9. The summed E-state index contributed by atoms with van der Waals surface area (Å²) in [6.45, 7) is 2.58. The number of carboxylic acids is 1. The van der Waals surface area contributed by atoms with E-state index >= 15 is 0 Å². The Morgan fingerprint density at radius 3 is 2.60 bits per heavy atom. The molecule has 20 heavy (non-hydrogen) atoms. The van der Waals surface area contributed by atoms with Gasteiger partial charge in [-0.3, -0.25) is 9.59 Å². The van der Waals surface area contributed by atoms with Gasteiger partial charge in [0.05, 0.1) is 11.8 Å². The highest BCUT2D eigenvalue weighted by Gasteiger charge is 2.48. The predicted molar refractivity (Wildman–Crippen MR) is 81.7 cm³/mol. The first kappa shape index (κ1) is 15.4. The van der Waals surface area contributed by atoms with Crippen molar-refractivity contribution < 1.29 is 14.7 Å². The molecular formula is C14H16BrNO3S. The first-order valence-corrected chi connectivity index (χ1v) is 8.07. The second-order valence-electron chi connectivity index (χ2n) is 4.91. The van der Waals surface area contributed by atoms with E-state index in [1.54, 1.807) is 11.8 Å². The van der Waals surface area contributed by atoms with Gasteiger partial charge in [0.15, 0.2) is 0 Å². The molecule has 2 rings (SSSR count). The number of rotatable bonds is 6.